The van der Waals surface area contributed by atoms with Gasteiger partial charge in [-0.1, -0.05) is 0 Å². The summed E-state index contributed by atoms with van der Waals surface area (Å²) in [5.74, 6) is 0. The van der Waals surface area contributed by atoms with Gasteiger partial charge in [0.05, 0.1) is 26.4 Å². The van der Waals surface area contributed by atoms with Crippen LogP contribution in [0.5, 0.6) is 0 Å². The number of aliphatic hydroxyl groups excluding tert-OH is 2. The number of hydrogen-bond acceptors (Lipinski definition) is 6. The van der Waals surface area contributed by atoms with E-state index in [2.05, 4.69) is 5.73 Å². The Balaban J connectivity index is 5.27. The van der Waals surface area contributed by atoms with E-state index in [1.54, 1.807) is 13.8 Å². The first-order chi connectivity index (χ1) is 8.53. The second-order valence-electron chi connectivity index (χ2n) is 3.27. The van der Waals surface area contributed by atoms with Crippen LogP contribution in [0.4, 0.5) is 0 Å². The van der Waals surface area contributed by atoms with E-state index in [0.717, 1.165) is 0 Å². The number of methoxy groups -OCH3 is 1. The molecule has 0 aliphatic carbocycles. The van der Waals surface area contributed by atoms with Crippen molar-refractivity contribution in [2.24, 2.45) is 0 Å². The Morgan fingerprint density at radius 3 is 2.33 bits per heavy atom. The van der Waals surface area contributed by atoms with Crippen LogP contribution in [0.25, 0.3) is 0 Å². The lowest BCUT2D eigenvalue weighted by Gasteiger charge is -2.18. The summed E-state index contributed by atoms with van der Waals surface area (Å²) < 4.78 is 27.6. The standard InChI is InChI=1S/C11H21O6P/c1-4-16-18(14,17-5-2)11(9-15-3)7-6-10(13)8-12/h6,10,12-13H,4-5,8-9H2,1-3H3. The predicted octanol–water partition coefficient (Wildman–Crippen LogP) is 1.29. The molecular weight excluding hydrogens is 259 g/mol. The monoisotopic (exact) mass is 280 g/mol. The smallest absolute Gasteiger partial charge is 0.367 e. The van der Waals surface area contributed by atoms with Crippen molar-refractivity contribution >= 4 is 7.60 Å². The highest BCUT2D eigenvalue weighted by Crippen LogP contribution is 2.55. The van der Waals surface area contributed by atoms with Crippen molar-refractivity contribution in [2.75, 3.05) is 33.5 Å². The maximum Gasteiger partial charge on any atom is 0.367 e. The van der Waals surface area contributed by atoms with Gasteiger partial charge in [-0.2, -0.15) is 0 Å². The number of ether oxygens (including phenoxy) is 1. The summed E-state index contributed by atoms with van der Waals surface area (Å²) in [6, 6.07) is 0. The molecule has 0 saturated carbocycles. The van der Waals surface area contributed by atoms with Crippen LogP contribution < -0.4 is 0 Å². The van der Waals surface area contributed by atoms with Crippen LogP contribution in [0.1, 0.15) is 13.8 Å². The van der Waals surface area contributed by atoms with Crippen molar-refractivity contribution in [2.45, 2.75) is 20.0 Å². The minimum Gasteiger partial charge on any atom is -0.393 e. The van der Waals surface area contributed by atoms with Crippen molar-refractivity contribution in [1.82, 2.24) is 0 Å². The molecule has 0 heterocycles. The van der Waals surface area contributed by atoms with Crippen molar-refractivity contribution in [1.29, 1.82) is 0 Å². The van der Waals surface area contributed by atoms with Gasteiger partial charge in [-0.25, -0.2) is 0 Å². The molecule has 0 amide bonds. The summed E-state index contributed by atoms with van der Waals surface area (Å²) >= 11 is 0. The highest BCUT2D eigenvalue weighted by atomic mass is 31.2. The molecule has 0 fully saturated rings. The van der Waals surface area contributed by atoms with E-state index in [1.807, 2.05) is 0 Å². The molecule has 0 spiro atoms. The largest absolute Gasteiger partial charge is 0.393 e. The lowest BCUT2D eigenvalue weighted by Crippen LogP contribution is -2.07. The third kappa shape index (κ3) is 5.94. The van der Waals surface area contributed by atoms with Gasteiger partial charge in [-0.15, -0.1) is 5.73 Å². The first-order valence-electron chi connectivity index (χ1n) is 5.67. The van der Waals surface area contributed by atoms with Crippen LogP contribution in [0.3, 0.4) is 0 Å². The van der Waals surface area contributed by atoms with Gasteiger partial charge in [0.2, 0.25) is 0 Å². The van der Waals surface area contributed by atoms with E-state index in [4.69, 9.17) is 18.9 Å². The zero-order valence-electron chi connectivity index (χ0n) is 11.0. The van der Waals surface area contributed by atoms with E-state index in [-0.39, 0.29) is 25.1 Å². The second-order valence-corrected chi connectivity index (χ2v) is 5.32. The van der Waals surface area contributed by atoms with E-state index in [9.17, 15) is 9.67 Å². The van der Waals surface area contributed by atoms with Crippen molar-refractivity contribution < 1.29 is 28.6 Å². The van der Waals surface area contributed by atoms with Crippen molar-refractivity contribution in [3.8, 4) is 0 Å². The fourth-order valence-electron chi connectivity index (χ4n) is 1.11. The molecule has 0 aliphatic heterocycles. The Hall–Kier alpha value is -0.450. The topological polar surface area (TPSA) is 85.2 Å². The molecule has 7 heteroatoms. The molecule has 0 radical (unpaired) electrons. The van der Waals surface area contributed by atoms with Crippen LogP contribution in [0, 0.1) is 0 Å². The molecule has 0 aromatic carbocycles. The Labute approximate surface area is 107 Å². The number of rotatable bonds is 9. The third-order valence-corrected chi connectivity index (χ3v) is 3.95. The SMILES string of the molecule is CCOP(=O)(OCC)C(=C=CC(O)CO)COC. The van der Waals surface area contributed by atoms with E-state index >= 15 is 0 Å². The number of hydrogen-bond donors (Lipinski definition) is 2. The highest BCUT2D eigenvalue weighted by Gasteiger charge is 2.29. The summed E-state index contributed by atoms with van der Waals surface area (Å²) in [7, 11) is -2.02. The maximum atomic E-state index is 12.4. The number of aliphatic hydroxyl groups is 2. The first kappa shape index (κ1) is 17.6. The predicted molar refractivity (Wildman–Crippen MR) is 67.4 cm³/mol. The Kier molecular flexibility index (Phi) is 9.24. The normalized spacial score (nSPS) is 12.9. The van der Waals surface area contributed by atoms with Crippen LogP contribution in [0.15, 0.2) is 17.1 Å². The van der Waals surface area contributed by atoms with Crippen LogP contribution in [-0.4, -0.2) is 49.9 Å². The van der Waals surface area contributed by atoms with Gasteiger partial charge in [-0.05, 0) is 19.9 Å². The van der Waals surface area contributed by atoms with Gasteiger partial charge in [0.15, 0.2) is 0 Å². The molecule has 0 rings (SSSR count). The van der Waals surface area contributed by atoms with Gasteiger partial charge >= 0.3 is 7.60 Å². The van der Waals surface area contributed by atoms with E-state index in [1.165, 1.54) is 13.2 Å². The lowest BCUT2D eigenvalue weighted by atomic mass is 10.3. The molecule has 106 valence electrons. The van der Waals surface area contributed by atoms with Gasteiger partial charge < -0.3 is 24.0 Å². The van der Waals surface area contributed by atoms with Crippen LogP contribution >= 0.6 is 7.60 Å². The summed E-state index contributed by atoms with van der Waals surface area (Å²) in [6.07, 6.45) is 0.118. The van der Waals surface area contributed by atoms with E-state index < -0.39 is 20.3 Å². The first-order valence-corrected chi connectivity index (χ1v) is 7.21. The average molecular weight is 280 g/mol. The Bertz CT molecular complexity index is 324. The summed E-state index contributed by atoms with van der Waals surface area (Å²) in [5.41, 5.74) is 2.63. The molecule has 18 heavy (non-hydrogen) atoms. The molecule has 0 aliphatic rings. The zero-order valence-corrected chi connectivity index (χ0v) is 11.9. The zero-order chi connectivity index (χ0) is 14.0. The molecule has 0 aromatic heterocycles. The summed E-state index contributed by atoms with van der Waals surface area (Å²) in [4.78, 5) is 0. The molecule has 1 unspecified atom stereocenters. The molecule has 6 nitrogen and oxygen atoms in total. The lowest BCUT2D eigenvalue weighted by molar-refractivity contribution is 0.131. The fraction of sp³-hybridized carbons (Fsp3) is 0.727. The maximum absolute atomic E-state index is 12.4. The van der Waals surface area contributed by atoms with Crippen molar-refractivity contribution in [3.63, 3.8) is 0 Å². The van der Waals surface area contributed by atoms with Gasteiger partial charge in [0, 0.05) is 7.11 Å². The average Bonchev–Trinajstić information content (AvgIpc) is 2.34. The van der Waals surface area contributed by atoms with Gasteiger partial charge in [0.25, 0.3) is 0 Å². The quantitative estimate of drug-likeness (QED) is 0.489. The minimum absolute atomic E-state index is 0.00588. The highest BCUT2D eigenvalue weighted by molar-refractivity contribution is 7.58. The molecule has 2 N–H and O–H groups in total. The van der Waals surface area contributed by atoms with Gasteiger partial charge in [-0.3, -0.25) is 4.57 Å². The van der Waals surface area contributed by atoms with E-state index in [0.29, 0.717) is 0 Å². The van der Waals surface area contributed by atoms with Crippen LogP contribution in [-0.2, 0) is 18.3 Å². The van der Waals surface area contributed by atoms with Crippen molar-refractivity contribution in [3.05, 3.63) is 17.1 Å². The molecule has 0 saturated heterocycles. The molecule has 1 atom stereocenters. The Morgan fingerprint density at radius 2 is 1.94 bits per heavy atom. The molecule has 0 aromatic rings. The summed E-state index contributed by atoms with van der Waals surface area (Å²) in [5, 5.41) is 18.1. The third-order valence-electron chi connectivity index (χ3n) is 1.84. The fourth-order valence-corrected chi connectivity index (χ4v) is 2.70. The van der Waals surface area contributed by atoms with Gasteiger partial charge in [0.1, 0.15) is 11.4 Å². The Morgan fingerprint density at radius 1 is 1.39 bits per heavy atom. The second kappa shape index (κ2) is 9.48. The minimum atomic E-state index is -3.46. The van der Waals surface area contributed by atoms with Crippen LogP contribution in [0.2, 0.25) is 0 Å². The molecule has 0 bridgehead atoms. The molecular formula is C11H21O6P. The summed E-state index contributed by atoms with van der Waals surface area (Å²) in [6.45, 7) is 3.39.